The molecule has 0 fully saturated rings. The Bertz CT molecular complexity index is 1450. The van der Waals surface area contributed by atoms with E-state index in [4.69, 9.17) is 14.6 Å². The molecule has 4 rings (SSSR count). The highest BCUT2D eigenvalue weighted by atomic mass is 16.5. The van der Waals surface area contributed by atoms with Gasteiger partial charge in [-0.15, -0.1) is 0 Å². The minimum Gasteiger partial charge on any atom is -0.497 e. The Morgan fingerprint density at radius 1 is 0.658 bits per heavy atom. The largest absolute Gasteiger partial charge is 0.497 e. The van der Waals surface area contributed by atoms with Gasteiger partial charge in [-0.3, -0.25) is 9.59 Å². The first-order valence-corrected chi connectivity index (χ1v) is 12.5. The van der Waals surface area contributed by atoms with Crippen LogP contribution in [0.3, 0.4) is 0 Å². The summed E-state index contributed by atoms with van der Waals surface area (Å²) in [5.74, 6) is 1.63. The fourth-order valence-corrected chi connectivity index (χ4v) is 4.00. The maximum absolute atomic E-state index is 12.2. The van der Waals surface area contributed by atoms with Gasteiger partial charge < -0.3 is 23.7 Å². The van der Waals surface area contributed by atoms with Crippen molar-refractivity contribution in [3.8, 4) is 11.5 Å². The SMILES string of the molecule is COc1ccc(Cn2ccc(C)c(C)c2=O)cc1.COc1ccc(Cn2ccc(CCO)c(C)c2=O)cc1. The van der Waals surface area contributed by atoms with Crippen molar-refractivity contribution in [2.45, 2.75) is 40.3 Å². The van der Waals surface area contributed by atoms with Crippen molar-refractivity contribution >= 4 is 0 Å². The van der Waals surface area contributed by atoms with Crippen LogP contribution < -0.4 is 20.6 Å². The van der Waals surface area contributed by atoms with E-state index in [0.29, 0.717) is 25.1 Å². The Morgan fingerprint density at radius 3 is 1.55 bits per heavy atom. The second kappa shape index (κ2) is 13.4. The third-order valence-corrected chi connectivity index (χ3v) is 6.60. The molecule has 0 aliphatic carbocycles. The van der Waals surface area contributed by atoms with Gasteiger partial charge in [-0.1, -0.05) is 24.3 Å². The average molecular weight is 517 g/mol. The number of rotatable bonds is 8. The Labute approximate surface area is 223 Å². The number of methoxy groups -OCH3 is 2. The summed E-state index contributed by atoms with van der Waals surface area (Å²) in [6.07, 6.45) is 4.14. The Morgan fingerprint density at radius 2 is 1.11 bits per heavy atom. The molecule has 2 heterocycles. The van der Waals surface area contributed by atoms with Crippen LogP contribution in [0.25, 0.3) is 0 Å². The summed E-state index contributed by atoms with van der Waals surface area (Å²) in [4.78, 5) is 24.3. The van der Waals surface area contributed by atoms with E-state index in [1.54, 1.807) is 36.5 Å². The Balaban J connectivity index is 0.000000212. The van der Waals surface area contributed by atoms with Crippen molar-refractivity contribution in [1.82, 2.24) is 9.13 Å². The second-order valence-electron chi connectivity index (χ2n) is 9.13. The molecule has 0 saturated carbocycles. The van der Waals surface area contributed by atoms with E-state index in [1.807, 2.05) is 80.7 Å². The Hall–Kier alpha value is -4.10. The number of aromatic nitrogens is 2. The third kappa shape index (κ3) is 7.23. The number of benzene rings is 2. The average Bonchev–Trinajstić information content (AvgIpc) is 2.94. The van der Waals surface area contributed by atoms with Crippen LogP contribution in [0.5, 0.6) is 11.5 Å². The number of nitrogens with zero attached hydrogens (tertiary/aromatic N) is 2. The van der Waals surface area contributed by atoms with Gasteiger partial charge in [0.15, 0.2) is 0 Å². The summed E-state index contributed by atoms with van der Waals surface area (Å²) < 4.78 is 13.6. The number of hydrogen-bond acceptors (Lipinski definition) is 5. The molecule has 0 amide bonds. The third-order valence-electron chi connectivity index (χ3n) is 6.60. The van der Waals surface area contributed by atoms with Gasteiger partial charge in [0, 0.05) is 30.1 Å². The van der Waals surface area contributed by atoms with Gasteiger partial charge in [-0.05, 0) is 85.8 Å². The molecule has 0 atom stereocenters. The van der Waals surface area contributed by atoms with Crippen LogP contribution in [0.1, 0.15) is 33.4 Å². The van der Waals surface area contributed by atoms with Crippen molar-refractivity contribution in [1.29, 1.82) is 0 Å². The number of aryl methyl sites for hydroxylation is 1. The minimum atomic E-state index is -0.00762. The minimum absolute atomic E-state index is 0.00762. The summed E-state index contributed by atoms with van der Waals surface area (Å²) in [7, 11) is 3.27. The normalized spacial score (nSPS) is 10.5. The van der Waals surface area contributed by atoms with E-state index in [2.05, 4.69) is 0 Å². The molecule has 4 aromatic rings. The van der Waals surface area contributed by atoms with Gasteiger partial charge in [-0.2, -0.15) is 0 Å². The highest BCUT2D eigenvalue weighted by molar-refractivity contribution is 5.29. The topological polar surface area (TPSA) is 82.7 Å². The van der Waals surface area contributed by atoms with Crippen molar-refractivity contribution < 1.29 is 14.6 Å². The lowest BCUT2D eigenvalue weighted by Crippen LogP contribution is -2.23. The summed E-state index contributed by atoms with van der Waals surface area (Å²) in [6.45, 7) is 6.80. The van der Waals surface area contributed by atoms with Crippen molar-refractivity contribution in [2.24, 2.45) is 0 Å². The highest BCUT2D eigenvalue weighted by Crippen LogP contribution is 2.13. The molecule has 0 spiro atoms. The van der Waals surface area contributed by atoms with E-state index in [9.17, 15) is 9.59 Å². The quantitative estimate of drug-likeness (QED) is 0.378. The molecule has 0 radical (unpaired) electrons. The second-order valence-corrected chi connectivity index (χ2v) is 9.13. The van der Waals surface area contributed by atoms with Crippen LogP contribution in [0, 0.1) is 20.8 Å². The van der Waals surface area contributed by atoms with Gasteiger partial charge in [0.1, 0.15) is 11.5 Å². The number of ether oxygens (including phenoxy) is 2. The van der Waals surface area contributed by atoms with Crippen molar-refractivity contribution in [2.75, 3.05) is 20.8 Å². The predicted molar refractivity (Wildman–Crippen MR) is 151 cm³/mol. The van der Waals surface area contributed by atoms with Gasteiger partial charge in [-0.25, -0.2) is 0 Å². The lowest BCUT2D eigenvalue weighted by Gasteiger charge is -2.10. The first-order valence-electron chi connectivity index (χ1n) is 12.5. The summed E-state index contributed by atoms with van der Waals surface area (Å²) in [5.41, 5.74) is 5.65. The molecule has 0 bridgehead atoms. The van der Waals surface area contributed by atoms with E-state index in [0.717, 1.165) is 39.3 Å². The highest BCUT2D eigenvalue weighted by Gasteiger charge is 2.06. The molecule has 2 aromatic heterocycles. The standard InChI is InChI=1S/C16H19NO3.C15H17NO2/c1-12-14(8-10-18)7-9-17(16(12)19)11-13-3-5-15(20-2)6-4-13;1-11-8-9-16(15(17)12(11)2)10-13-4-6-14(18-3)7-5-13/h3-7,9,18H,8,10-11H2,1-2H3;4-9H,10H2,1-3H3. The summed E-state index contributed by atoms with van der Waals surface area (Å²) in [5, 5.41) is 8.97. The number of aliphatic hydroxyl groups is 1. The molecule has 0 aliphatic heterocycles. The van der Waals surface area contributed by atoms with Crippen LogP contribution in [-0.4, -0.2) is 35.1 Å². The maximum atomic E-state index is 12.2. The van der Waals surface area contributed by atoms with Crippen molar-refractivity contribution in [3.05, 3.63) is 127 Å². The Kier molecular flexibility index (Phi) is 10.1. The molecule has 0 aliphatic rings. The van der Waals surface area contributed by atoms with Gasteiger partial charge in [0.05, 0.1) is 27.3 Å². The molecule has 200 valence electrons. The zero-order chi connectivity index (χ0) is 27.7. The van der Waals surface area contributed by atoms with Crippen LogP contribution in [0.15, 0.2) is 82.6 Å². The zero-order valence-electron chi connectivity index (χ0n) is 22.7. The van der Waals surface area contributed by atoms with E-state index >= 15 is 0 Å². The maximum Gasteiger partial charge on any atom is 0.254 e. The fourth-order valence-electron chi connectivity index (χ4n) is 4.00. The van der Waals surface area contributed by atoms with Gasteiger partial charge in [0.25, 0.3) is 11.1 Å². The first-order chi connectivity index (χ1) is 18.3. The molecular formula is C31H36N2O5. The van der Waals surface area contributed by atoms with E-state index in [-0.39, 0.29) is 17.7 Å². The molecule has 0 saturated heterocycles. The fraction of sp³-hybridized carbons (Fsp3) is 0.290. The lowest BCUT2D eigenvalue weighted by molar-refractivity contribution is 0.299. The summed E-state index contributed by atoms with van der Waals surface area (Å²) >= 11 is 0. The number of hydrogen-bond donors (Lipinski definition) is 1. The zero-order valence-corrected chi connectivity index (χ0v) is 22.7. The molecule has 0 unspecified atom stereocenters. The smallest absolute Gasteiger partial charge is 0.254 e. The molecule has 1 N–H and O–H groups in total. The monoisotopic (exact) mass is 516 g/mol. The summed E-state index contributed by atoms with van der Waals surface area (Å²) in [6, 6.07) is 19.3. The number of pyridine rings is 2. The molecule has 2 aromatic carbocycles. The van der Waals surface area contributed by atoms with Gasteiger partial charge >= 0.3 is 0 Å². The lowest BCUT2D eigenvalue weighted by atomic mass is 10.1. The van der Waals surface area contributed by atoms with E-state index < -0.39 is 0 Å². The number of aliphatic hydroxyl groups excluding tert-OH is 1. The molecule has 7 nitrogen and oxygen atoms in total. The van der Waals surface area contributed by atoms with Crippen LogP contribution in [-0.2, 0) is 19.5 Å². The predicted octanol–water partition coefficient (Wildman–Crippen LogP) is 4.27. The molecule has 38 heavy (non-hydrogen) atoms. The van der Waals surface area contributed by atoms with Crippen LogP contribution in [0.2, 0.25) is 0 Å². The van der Waals surface area contributed by atoms with Crippen LogP contribution >= 0.6 is 0 Å². The van der Waals surface area contributed by atoms with Crippen molar-refractivity contribution in [3.63, 3.8) is 0 Å². The molecule has 7 heteroatoms. The molecular weight excluding hydrogens is 480 g/mol. The van der Waals surface area contributed by atoms with Gasteiger partial charge in [0.2, 0.25) is 0 Å². The van der Waals surface area contributed by atoms with Crippen LogP contribution in [0.4, 0.5) is 0 Å². The first kappa shape index (κ1) is 28.5. The van der Waals surface area contributed by atoms with E-state index in [1.165, 1.54) is 0 Å².